The molecule has 0 radical (unpaired) electrons. The number of ether oxygens (including phenoxy) is 2. The van der Waals surface area contributed by atoms with Crippen LogP contribution in [-0.4, -0.2) is 27.9 Å². The molecule has 4 aliphatic carbocycles. The molecule has 29 heavy (non-hydrogen) atoms. The molecule has 7 heteroatoms. The number of nitro benzene ring substituents is 1. The van der Waals surface area contributed by atoms with E-state index in [0.717, 1.165) is 19.3 Å². The van der Waals surface area contributed by atoms with E-state index in [4.69, 9.17) is 9.47 Å². The second kappa shape index (κ2) is 6.97. The Bertz CT molecular complexity index is 792. The highest BCUT2D eigenvalue weighted by molar-refractivity contribution is 5.88. The van der Waals surface area contributed by atoms with E-state index in [1.807, 2.05) is 20.8 Å². The summed E-state index contributed by atoms with van der Waals surface area (Å²) in [6.45, 7) is 5.85. The number of nitrogens with zero attached hydrogens (tertiary/aromatic N) is 1. The van der Waals surface area contributed by atoms with E-state index in [0.29, 0.717) is 17.8 Å². The number of aromatic carboxylic acids is 1. The molecule has 0 heterocycles. The summed E-state index contributed by atoms with van der Waals surface area (Å²) in [7, 11) is 0. The highest BCUT2D eigenvalue weighted by atomic mass is 16.7. The summed E-state index contributed by atoms with van der Waals surface area (Å²) in [5, 5.41) is 20.9. The van der Waals surface area contributed by atoms with Crippen molar-refractivity contribution < 1.29 is 24.3 Å². The molecule has 4 fully saturated rings. The Hall–Kier alpha value is -2.15. The zero-order valence-electron chi connectivity index (χ0n) is 17.2. The van der Waals surface area contributed by atoms with Crippen LogP contribution in [0.5, 0.6) is 5.75 Å². The molecule has 158 valence electrons. The Morgan fingerprint density at radius 3 is 2.17 bits per heavy atom. The van der Waals surface area contributed by atoms with Crippen molar-refractivity contribution >= 4 is 11.7 Å². The third kappa shape index (κ3) is 3.97. The molecule has 0 aliphatic heterocycles. The van der Waals surface area contributed by atoms with Gasteiger partial charge in [0.2, 0.25) is 12.0 Å². The molecule has 1 aromatic rings. The fraction of sp³-hybridized carbons (Fsp3) is 0.682. The van der Waals surface area contributed by atoms with Gasteiger partial charge in [0.05, 0.1) is 16.1 Å². The van der Waals surface area contributed by atoms with Gasteiger partial charge in [0.25, 0.3) is 0 Å². The Labute approximate surface area is 170 Å². The van der Waals surface area contributed by atoms with E-state index in [9.17, 15) is 20.0 Å². The van der Waals surface area contributed by atoms with Crippen LogP contribution in [-0.2, 0) is 4.74 Å². The molecular formula is C22H29NO6. The van der Waals surface area contributed by atoms with Gasteiger partial charge in [-0.3, -0.25) is 10.1 Å². The molecule has 0 spiro atoms. The Morgan fingerprint density at radius 1 is 1.17 bits per heavy atom. The monoisotopic (exact) mass is 403 g/mol. The fourth-order valence-electron chi connectivity index (χ4n) is 6.07. The van der Waals surface area contributed by atoms with Crippen molar-refractivity contribution in [2.45, 2.75) is 71.2 Å². The van der Waals surface area contributed by atoms with Gasteiger partial charge in [-0.15, -0.1) is 0 Å². The van der Waals surface area contributed by atoms with Gasteiger partial charge in [-0.05, 0) is 83.1 Å². The van der Waals surface area contributed by atoms with Crippen molar-refractivity contribution in [2.75, 3.05) is 0 Å². The number of carboxylic acid groups (broad SMARTS) is 1. The molecule has 1 atom stereocenters. The van der Waals surface area contributed by atoms with Crippen LogP contribution in [0.2, 0.25) is 0 Å². The van der Waals surface area contributed by atoms with E-state index in [1.54, 1.807) is 0 Å². The van der Waals surface area contributed by atoms with Gasteiger partial charge in [-0.1, -0.05) is 0 Å². The number of rotatable bonds is 6. The molecule has 4 aliphatic rings. The third-order valence-electron chi connectivity index (χ3n) is 6.68. The molecule has 1 aromatic carbocycles. The van der Waals surface area contributed by atoms with Crippen LogP contribution < -0.4 is 4.74 Å². The van der Waals surface area contributed by atoms with Gasteiger partial charge in [-0.2, -0.15) is 0 Å². The normalized spacial score (nSPS) is 31.5. The van der Waals surface area contributed by atoms with Gasteiger partial charge in [0, 0.05) is 17.5 Å². The summed E-state index contributed by atoms with van der Waals surface area (Å²) >= 11 is 0. The molecule has 4 bridgehead atoms. The van der Waals surface area contributed by atoms with Crippen molar-refractivity contribution in [3.8, 4) is 5.75 Å². The van der Waals surface area contributed by atoms with Crippen LogP contribution in [0.1, 0.15) is 69.7 Å². The second-order valence-electron chi connectivity index (χ2n) is 10.2. The minimum absolute atomic E-state index is 0.0279. The van der Waals surface area contributed by atoms with Crippen LogP contribution in [0, 0.1) is 33.3 Å². The van der Waals surface area contributed by atoms with Gasteiger partial charge in [-0.25, -0.2) is 4.79 Å². The number of nitro groups is 1. The third-order valence-corrected chi connectivity index (χ3v) is 6.68. The van der Waals surface area contributed by atoms with Crippen molar-refractivity contribution in [3.63, 3.8) is 0 Å². The highest BCUT2D eigenvalue weighted by Crippen LogP contribution is 2.62. The van der Waals surface area contributed by atoms with Crippen molar-refractivity contribution in [3.05, 3.63) is 33.9 Å². The summed E-state index contributed by atoms with van der Waals surface area (Å²) in [5.74, 6) is 0.816. The predicted molar refractivity (Wildman–Crippen MR) is 106 cm³/mol. The molecule has 0 amide bonds. The number of benzene rings is 1. The SMILES string of the molecule is CC(C)(C)OC(Oc1cc(C(=O)O)ccc1[N+](=O)[O-])C12CC3CC(CC(C3)C1)C2. The molecule has 1 unspecified atom stereocenters. The summed E-state index contributed by atoms with van der Waals surface area (Å²) < 4.78 is 12.6. The first-order chi connectivity index (χ1) is 13.5. The second-order valence-corrected chi connectivity index (χ2v) is 10.2. The van der Waals surface area contributed by atoms with Crippen LogP contribution >= 0.6 is 0 Å². The van der Waals surface area contributed by atoms with Gasteiger partial charge < -0.3 is 14.6 Å². The van der Waals surface area contributed by atoms with Crippen molar-refractivity contribution in [1.29, 1.82) is 0 Å². The van der Waals surface area contributed by atoms with Gasteiger partial charge in [0.1, 0.15) is 0 Å². The average Bonchev–Trinajstić information content (AvgIpc) is 2.58. The first-order valence-electron chi connectivity index (χ1n) is 10.4. The number of hydrogen-bond acceptors (Lipinski definition) is 5. The summed E-state index contributed by atoms with van der Waals surface area (Å²) in [6.07, 6.45) is 6.16. The molecule has 4 saturated carbocycles. The van der Waals surface area contributed by atoms with Gasteiger partial charge >= 0.3 is 11.7 Å². The highest BCUT2D eigenvalue weighted by Gasteiger charge is 2.56. The van der Waals surface area contributed by atoms with Crippen LogP contribution in [0.4, 0.5) is 5.69 Å². The van der Waals surface area contributed by atoms with Gasteiger partial charge in [0.15, 0.2) is 0 Å². The van der Waals surface area contributed by atoms with Crippen molar-refractivity contribution in [1.82, 2.24) is 0 Å². The lowest BCUT2D eigenvalue weighted by Gasteiger charge is -2.58. The summed E-state index contributed by atoms with van der Waals surface area (Å²) in [5.41, 5.74) is -0.935. The zero-order chi connectivity index (χ0) is 21.0. The van der Waals surface area contributed by atoms with Crippen LogP contribution in [0.25, 0.3) is 0 Å². The number of hydrogen-bond donors (Lipinski definition) is 1. The lowest BCUT2D eigenvalue weighted by atomic mass is 9.49. The Balaban J connectivity index is 1.71. The minimum Gasteiger partial charge on any atom is -0.478 e. The van der Waals surface area contributed by atoms with Crippen molar-refractivity contribution in [2.24, 2.45) is 23.2 Å². The largest absolute Gasteiger partial charge is 0.478 e. The smallest absolute Gasteiger partial charge is 0.335 e. The molecule has 0 aromatic heterocycles. The van der Waals surface area contributed by atoms with E-state index < -0.39 is 22.8 Å². The van der Waals surface area contributed by atoms with E-state index in [-0.39, 0.29) is 22.4 Å². The Kier molecular flexibility index (Phi) is 4.84. The lowest BCUT2D eigenvalue weighted by molar-refractivity contribution is -0.387. The minimum atomic E-state index is -1.15. The van der Waals surface area contributed by atoms with Crippen LogP contribution in [0.15, 0.2) is 18.2 Å². The maximum absolute atomic E-state index is 11.6. The predicted octanol–water partition coefficient (Wildman–Crippen LogP) is 5.03. The standard InChI is InChI=1S/C22H29NO6/c1-21(2,3)29-20(22-10-13-6-14(11-22)8-15(7-13)12-22)28-18-9-16(19(24)25)4-5-17(18)23(26)27/h4-5,9,13-15,20H,6-8,10-12H2,1-3H3,(H,24,25). The van der Waals surface area contributed by atoms with E-state index in [2.05, 4.69) is 0 Å². The maximum atomic E-state index is 11.6. The molecular weight excluding hydrogens is 374 g/mol. The first kappa shape index (κ1) is 20.1. The zero-order valence-corrected chi connectivity index (χ0v) is 17.2. The number of carboxylic acids is 1. The number of carbonyl (C=O) groups is 1. The Morgan fingerprint density at radius 2 is 1.72 bits per heavy atom. The molecule has 1 N–H and O–H groups in total. The average molecular weight is 403 g/mol. The lowest BCUT2D eigenvalue weighted by Crippen LogP contribution is -2.55. The van der Waals surface area contributed by atoms with Crippen LogP contribution in [0.3, 0.4) is 0 Å². The quantitative estimate of drug-likeness (QED) is 0.406. The summed E-state index contributed by atoms with van der Waals surface area (Å²) in [4.78, 5) is 22.4. The van der Waals surface area contributed by atoms with E-state index >= 15 is 0 Å². The topological polar surface area (TPSA) is 98.9 Å². The molecule has 0 saturated heterocycles. The first-order valence-corrected chi connectivity index (χ1v) is 10.4. The maximum Gasteiger partial charge on any atom is 0.335 e. The van der Waals surface area contributed by atoms with E-state index in [1.165, 1.54) is 37.5 Å². The summed E-state index contributed by atoms with van der Waals surface area (Å²) in [6, 6.07) is 3.68. The fourth-order valence-corrected chi connectivity index (χ4v) is 6.07. The molecule has 7 nitrogen and oxygen atoms in total. The molecule has 5 rings (SSSR count).